The fourth-order valence-corrected chi connectivity index (χ4v) is 2.91. The van der Waals surface area contributed by atoms with Crippen molar-refractivity contribution in [2.45, 2.75) is 77.6 Å². The molecule has 130 valence electrons. The Morgan fingerprint density at radius 2 is 1.52 bits per heavy atom. The second kappa shape index (κ2) is 11.9. The summed E-state index contributed by atoms with van der Waals surface area (Å²) >= 11 is 0. The van der Waals surface area contributed by atoms with Crippen molar-refractivity contribution >= 4 is 11.4 Å². The summed E-state index contributed by atoms with van der Waals surface area (Å²) in [5, 5.41) is 13.9. The SMILES string of the molecule is CCCCCCCCCCCCc1ccc(NC)c([N+](=O)[O-])c1. The van der Waals surface area contributed by atoms with Gasteiger partial charge in [-0.1, -0.05) is 70.8 Å². The molecule has 1 aromatic rings. The molecular formula is C19H32N2O2. The number of hydrogen-bond donors (Lipinski definition) is 1. The lowest BCUT2D eigenvalue weighted by Crippen LogP contribution is -1.98. The number of aryl methyl sites for hydroxylation is 1. The first-order valence-electron chi connectivity index (χ1n) is 9.14. The molecule has 0 fully saturated rings. The second-order valence-corrected chi connectivity index (χ2v) is 6.29. The summed E-state index contributed by atoms with van der Waals surface area (Å²) in [6.45, 7) is 2.25. The quantitative estimate of drug-likeness (QED) is 0.271. The van der Waals surface area contributed by atoms with Gasteiger partial charge in [-0.3, -0.25) is 10.1 Å². The van der Waals surface area contributed by atoms with Gasteiger partial charge in [-0.15, -0.1) is 0 Å². The van der Waals surface area contributed by atoms with E-state index in [2.05, 4.69) is 12.2 Å². The number of nitro groups is 1. The lowest BCUT2D eigenvalue weighted by atomic mass is 10.0. The monoisotopic (exact) mass is 320 g/mol. The van der Waals surface area contributed by atoms with E-state index >= 15 is 0 Å². The number of anilines is 1. The predicted molar refractivity (Wildman–Crippen MR) is 98.2 cm³/mol. The lowest BCUT2D eigenvalue weighted by Gasteiger charge is -2.06. The van der Waals surface area contributed by atoms with E-state index < -0.39 is 0 Å². The third-order valence-corrected chi connectivity index (χ3v) is 4.35. The third kappa shape index (κ3) is 8.00. The van der Waals surface area contributed by atoms with Crippen LogP contribution in [0.1, 0.15) is 76.7 Å². The summed E-state index contributed by atoms with van der Waals surface area (Å²) in [4.78, 5) is 10.7. The Balaban J connectivity index is 2.16. The highest BCUT2D eigenvalue weighted by molar-refractivity contribution is 5.62. The molecule has 0 aliphatic rings. The van der Waals surface area contributed by atoms with Crippen LogP contribution < -0.4 is 5.32 Å². The van der Waals surface area contributed by atoms with Crippen molar-refractivity contribution in [2.75, 3.05) is 12.4 Å². The molecule has 1 rings (SSSR count). The predicted octanol–water partition coefficient (Wildman–Crippen LogP) is 6.10. The van der Waals surface area contributed by atoms with Crippen LogP contribution in [0.25, 0.3) is 0 Å². The van der Waals surface area contributed by atoms with E-state index in [1.54, 1.807) is 13.1 Å². The van der Waals surface area contributed by atoms with E-state index in [1.807, 2.05) is 12.1 Å². The van der Waals surface area contributed by atoms with E-state index in [-0.39, 0.29) is 10.6 Å². The number of nitrogens with one attached hydrogen (secondary N) is 1. The largest absolute Gasteiger partial charge is 0.383 e. The molecule has 4 nitrogen and oxygen atoms in total. The van der Waals surface area contributed by atoms with Crippen LogP contribution >= 0.6 is 0 Å². The fourth-order valence-electron chi connectivity index (χ4n) is 2.91. The highest BCUT2D eigenvalue weighted by Crippen LogP contribution is 2.25. The number of unbranched alkanes of at least 4 members (excludes halogenated alkanes) is 9. The molecule has 0 aliphatic carbocycles. The van der Waals surface area contributed by atoms with Crippen LogP contribution in [0.4, 0.5) is 11.4 Å². The van der Waals surface area contributed by atoms with E-state index in [0.717, 1.165) is 18.4 Å². The van der Waals surface area contributed by atoms with Crippen LogP contribution in [-0.4, -0.2) is 12.0 Å². The van der Waals surface area contributed by atoms with Gasteiger partial charge < -0.3 is 5.32 Å². The van der Waals surface area contributed by atoms with Gasteiger partial charge in [0, 0.05) is 13.1 Å². The zero-order chi connectivity index (χ0) is 16.9. The summed E-state index contributed by atoms with van der Waals surface area (Å²) in [5.74, 6) is 0. The molecular weight excluding hydrogens is 288 g/mol. The Bertz CT molecular complexity index is 461. The van der Waals surface area contributed by atoms with Gasteiger partial charge in [0.05, 0.1) is 4.92 Å². The van der Waals surface area contributed by atoms with E-state index in [9.17, 15) is 10.1 Å². The van der Waals surface area contributed by atoms with Gasteiger partial charge in [-0.25, -0.2) is 0 Å². The Morgan fingerprint density at radius 1 is 0.957 bits per heavy atom. The molecule has 0 amide bonds. The number of hydrogen-bond acceptors (Lipinski definition) is 3. The highest BCUT2D eigenvalue weighted by atomic mass is 16.6. The van der Waals surface area contributed by atoms with Crippen molar-refractivity contribution in [3.05, 3.63) is 33.9 Å². The van der Waals surface area contributed by atoms with Crippen molar-refractivity contribution in [2.24, 2.45) is 0 Å². The van der Waals surface area contributed by atoms with Crippen LogP contribution in [0, 0.1) is 10.1 Å². The Kier molecular flexibility index (Phi) is 10.1. The molecule has 1 aromatic carbocycles. The minimum absolute atomic E-state index is 0.178. The summed E-state index contributed by atoms with van der Waals surface area (Å²) < 4.78 is 0. The summed E-state index contributed by atoms with van der Waals surface area (Å²) in [7, 11) is 1.71. The van der Waals surface area contributed by atoms with Crippen molar-refractivity contribution < 1.29 is 4.92 Å². The smallest absolute Gasteiger partial charge is 0.292 e. The molecule has 0 aliphatic heterocycles. The highest BCUT2D eigenvalue weighted by Gasteiger charge is 2.12. The molecule has 0 spiro atoms. The average Bonchev–Trinajstić information content (AvgIpc) is 2.56. The summed E-state index contributed by atoms with van der Waals surface area (Å²) in [6, 6.07) is 5.51. The molecule has 0 unspecified atom stereocenters. The Hall–Kier alpha value is -1.58. The first kappa shape index (κ1) is 19.5. The molecule has 23 heavy (non-hydrogen) atoms. The van der Waals surface area contributed by atoms with Gasteiger partial charge in [0.1, 0.15) is 5.69 Å². The van der Waals surface area contributed by atoms with Gasteiger partial charge >= 0.3 is 0 Å². The Labute approximate surface area is 140 Å². The zero-order valence-corrected chi connectivity index (χ0v) is 14.8. The van der Waals surface area contributed by atoms with E-state index in [0.29, 0.717) is 5.69 Å². The minimum Gasteiger partial charge on any atom is -0.383 e. The van der Waals surface area contributed by atoms with Crippen LogP contribution in [0.15, 0.2) is 18.2 Å². The maximum absolute atomic E-state index is 11.0. The normalized spacial score (nSPS) is 10.7. The van der Waals surface area contributed by atoms with Gasteiger partial charge in [0.15, 0.2) is 0 Å². The molecule has 0 saturated heterocycles. The number of rotatable bonds is 13. The fraction of sp³-hybridized carbons (Fsp3) is 0.684. The molecule has 0 aromatic heterocycles. The van der Waals surface area contributed by atoms with E-state index in [1.165, 1.54) is 57.8 Å². The zero-order valence-electron chi connectivity index (χ0n) is 14.8. The molecule has 0 heterocycles. The molecule has 4 heteroatoms. The van der Waals surface area contributed by atoms with E-state index in [4.69, 9.17) is 0 Å². The number of benzene rings is 1. The first-order chi connectivity index (χ1) is 11.2. The van der Waals surface area contributed by atoms with Crippen LogP contribution in [0.3, 0.4) is 0 Å². The third-order valence-electron chi connectivity index (χ3n) is 4.35. The van der Waals surface area contributed by atoms with Crippen molar-refractivity contribution in [1.82, 2.24) is 0 Å². The van der Waals surface area contributed by atoms with Gasteiger partial charge in [-0.2, -0.15) is 0 Å². The number of nitrogens with zero attached hydrogens (tertiary/aromatic N) is 1. The van der Waals surface area contributed by atoms with Gasteiger partial charge in [-0.05, 0) is 24.5 Å². The van der Waals surface area contributed by atoms with Crippen LogP contribution in [0.2, 0.25) is 0 Å². The maximum Gasteiger partial charge on any atom is 0.292 e. The lowest BCUT2D eigenvalue weighted by molar-refractivity contribution is -0.384. The standard InChI is InChI=1S/C19H32N2O2/c1-3-4-5-6-7-8-9-10-11-12-13-17-14-15-18(20-2)19(16-17)21(22)23/h14-16,20H,3-13H2,1-2H3. The second-order valence-electron chi connectivity index (χ2n) is 6.29. The molecule has 0 bridgehead atoms. The van der Waals surface area contributed by atoms with Crippen LogP contribution in [0.5, 0.6) is 0 Å². The van der Waals surface area contributed by atoms with Gasteiger partial charge in [0.25, 0.3) is 5.69 Å². The van der Waals surface area contributed by atoms with Gasteiger partial charge in [0.2, 0.25) is 0 Å². The minimum atomic E-state index is -0.312. The topological polar surface area (TPSA) is 55.2 Å². The molecule has 0 radical (unpaired) electrons. The number of nitro benzene ring substituents is 1. The Morgan fingerprint density at radius 3 is 2.04 bits per heavy atom. The van der Waals surface area contributed by atoms with Crippen molar-refractivity contribution in [3.8, 4) is 0 Å². The maximum atomic E-state index is 11.0. The molecule has 1 N–H and O–H groups in total. The summed E-state index contributed by atoms with van der Waals surface area (Å²) in [6.07, 6.45) is 14.1. The molecule has 0 atom stereocenters. The average molecular weight is 320 g/mol. The van der Waals surface area contributed by atoms with Crippen molar-refractivity contribution in [1.29, 1.82) is 0 Å². The summed E-state index contributed by atoms with van der Waals surface area (Å²) in [5.41, 5.74) is 1.83. The van der Waals surface area contributed by atoms with Crippen LogP contribution in [-0.2, 0) is 6.42 Å². The molecule has 0 saturated carbocycles. The first-order valence-corrected chi connectivity index (χ1v) is 9.14. The van der Waals surface area contributed by atoms with Crippen molar-refractivity contribution in [3.63, 3.8) is 0 Å².